The first-order valence-corrected chi connectivity index (χ1v) is 4.79. The van der Waals surface area contributed by atoms with Crippen LogP contribution in [-0.4, -0.2) is 4.98 Å². The van der Waals surface area contributed by atoms with E-state index < -0.39 is 0 Å². The Balaban J connectivity index is 2.60. The molecule has 3 nitrogen and oxygen atoms in total. The summed E-state index contributed by atoms with van der Waals surface area (Å²) in [6.45, 7) is 2.44. The van der Waals surface area contributed by atoms with Gasteiger partial charge in [-0.3, -0.25) is 4.84 Å². The van der Waals surface area contributed by atoms with E-state index in [1.54, 1.807) is 11.3 Å². The second-order valence-corrected chi connectivity index (χ2v) is 4.01. The van der Waals surface area contributed by atoms with E-state index in [2.05, 4.69) is 9.82 Å². The molecule has 2 rings (SSSR count). The molecule has 0 atom stereocenters. The Bertz CT molecular complexity index is 424. The van der Waals surface area contributed by atoms with E-state index in [-0.39, 0.29) is 0 Å². The van der Waals surface area contributed by atoms with Gasteiger partial charge in [-0.15, -0.1) is 11.3 Å². The lowest BCUT2D eigenvalue weighted by Gasteiger charge is -1.98. The number of nitrogens with two attached hydrogens (primary N) is 1. The van der Waals surface area contributed by atoms with Crippen molar-refractivity contribution in [1.82, 2.24) is 4.98 Å². The van der Waals surface area contributed by atoms with Crippen LogP contribution in [0, 0.1) is 6.92 Å². The van der Waals surface area contributed by atoms with Crippen LogP contribution in [0.2, 0.25) is 0 Å². The van der Waals surface area contributed by atoms with Gasteiger partial charge in [0.05, 0.1) is 21.8 Å². The Labute approximate surface area is 80.1 Å². The van der Waals surface area contributed by atoms with Gasteiger partial charge in [-0.25, -0.2) is 10.9 Å². The largest absolute Gasteiger partial charge is 0.300 e. The number of nitrogens with zero attached hydrogens (tertiary/aromatic N) is 1. The molecule has 0 aliphatic rings. The van der Waals surface area contributed by atoms with E-state index in [0.717, 1.165) is 16.1 Å². The molecule has 2 aromatic rings. The number of aromatic nitrogens is 1. The highest BCUT2D eigenvalue weighted by atomic mass is 32.1. The van der Waals surface area contributed by atoms with Gasteiger partial charge in [0.2, 0.25) is 0 Å². The summed E-state index contributed by atoms with van der Waals surface area (Å²) in [4.78, 5) is 9.00. The molecule has 13 heavy (non-hydrogen) atoms. The summed E-state index contributed by atoms with van der Waals surface area (Å²) in [5, 5.41) is 1.07. The van der Waals surface area contributed by atoms with Gasteiger partial charge in [-0.05, 0) is 18.6 Å². The van der Waals surface area contributed by atoms with Crippen molar-refractivity contribution in [2.24, 2.45) is 5.90 Å². The zero-order valence-corrected chi connectivity index (χ0v) is 8.10. The molecule has 0 saturated carbocycles. The summed E-state index contributed by atoms with van der Waals surface area (Å²) < 4.78 is 1.17. The van der Waals surface area contributed by atoms with Crippen LogP contribution in [0.4, 0.5) is 0 Å². The fourth-order valence-corrected chi connectivity index (χ4v) is 2.24. The van der Waals surface area contributed by atoms with Gasteiger partial charge in [-0.2, -0.15) is 0 Å². The molecule has 0 aliphatic heterocycles. The van der Waals surface area contributed by atoms with E-state index in [4.69, 9.17) is 5.90 Å². The molecule has 1 aromatic heterocycles. The highest BCUT2D eigenvalue weighted by molar-refractivity contribution is 7.18. The van der Waals surface area contributed by atoms with Crippen LogP contribution < -0.4 is 5.90 Å². The summed E-state index contributed by atoms with van der Waals surface area (Å²) in [6.07, 6.45) is 0. The van der Waals surface area contributed by atoms with Crippen molar-refractivity contribution in [3.8, 4) is 0 Å². The molecule has 0 spiro atoms. The molecular weight excluding hydrogens is 184 g/mol. The Kier molecular flexibility index (Phi) is 2.26. The van der Waals surface area contributed by atoms with Crippen LogP contribution in [-0.2, 0) is 11.4 Å². The van der Waals surface area contributed by atoms with Gasteiger partial charge in [0.15, 0.2) is 0 Å². The van der Waals surface area contributed by atoms with Crippen molar-refractivity contribution in [2.45, 2.75) is 13.5 Å². The van der Waals surface area contributed by atoms with Crippen LogP contribution in [0.3, 0.4) is 0 Å². The zero-order chi connectivity index (χ0) is 9.26. The summed E-state index contributed by atoms with van der Waals surface area (Å²) in [7, 11) is 0. The smallest absolute Gasteiger partial charge is 0.0944 e. The first-order valence-electron chi connectivity index (χ1n) is 3.98. The maximum atomic E-state index is 5.04. The lowest BCUT2D eigenvalue weighted by atomic mass is 10.2. The van der Waals surface area contributed by atoms with Crippen LogP contribution in [0.25, 0.3) is 10.2 Å². The Morgan fingerprint density at radius 3 is 3.15 bits per heavy atom. The lowest BCUT2D eigenvalue weighted by Crippen LogP contribution is -1.98. The van der Waals surface area contributed by atoms with Crippen molar-refractivity contribution in [2.75, 3.05) is 0 Å². The Morgan fingerprint density at radius 2 is 2.38 bits per heavy atom. The number of aryl methyl sites for hydroxylation is 1. The van der Waals surface area contributed by atoms with Gasteiger partial charge in [0.25, 0.3) is 0 Å². The molecule has 0 aliphatic carbocycles. The van der Waals surface area contributed by atoms with Gasteiger partial charge in [0, 0.05) is 0 Å². The minimum absolute atomic E-state index is 0.443. The number of fused-ring (bicyclic) bond motifs is 1. The summed E-state index contributed by atoms with van der Waals surface area (Å²) in [5.74, 6) is 5.04. The second-order valence-electron chi connectivity index (χ2n) is 2.81. The fraction of sp³-hybridized carbons (Fsp3) is 0.222. The van der Waals surface area contributed by atoms with Crippen LogP contribution in [0.1, 0.15) is 10.6 Å². The number of hydrogen-bond acceptors (Lipinski definition) is 4. The minimum atomic E-state index is 0.443. The topological polar surface area (TPSA) is 48.1 Å². The molecule has 68 valence electrons. The fourth-order valence-electron chi connectivity index (χ4n) is 1.32. The van der Waals surface area contributed by atoms with Crippen LogP contribution in [0.5, 0.6) is 0 Å². The molecule has 0 bridgehead atoms. The molecule has 0 radical (unpaired) electrons. The highest BCUT2D eigenvalue weighted by Crippen LogP contribution is 2.25. The lowest BCUT2D eigenvalue weighted by molar-refractivity contribution is 0.125. The van der Waals surface area contributed by atoms with E-state index >= 15 is 0 Å². The molecule has 0 unspecified atom stereocenters. The maximum Gasteiger partial charge on any atom is 0.0944 e. The molecule has 2 N–H and O–H groups in total. The predicted octanol–water partition coefficient (Wildman–Crippen LogP) is 2.00. The number of benzene rings is 1. The van der Waals surface area contributed by atoms with Crippen LogP contribution in [0.15, 0.2) is 18.2 Å². The van der Waals surface area contributed by atoms with E-state index in [1.807, 2.05) is 25.1 Å². The monoisotopic (exact) mass is 194 g/mol. The first-order chi connectivity index (χ1) is 6.31. The predicted molar refractivity (Wildman–Crippen MR) is 53.3 cm³/mol. The zero-order valence-electron chi connectivity index (χ0n) is 7.28. The van der Waals surface area contributed by atoms with Gasteiger partial charge >= 0.3 is 0 Å². The average Bonchev–Trinajstić information content (AvgIpc) is 2.47. The third-order valence-corrected chi connectivity index (χ3v) is 2.90. The quantitative estimate of drug-likeness (QED) is 0.744. The SMILES string of the molecule is Cc1nc2cccc(CON)c2s1. The molecule has 1 heterocycles. The van der Waals surface area contributed by atoms with E-state index in [0.29, 0.717) is 6.61 Å². The molecular formula is C9H10N2OS. The number of hydrogen-bond donors (Lipinski definition) is 1. The summed E-state index contributed by atoms with van der Waals surface area (Å²) in [6, 6.07) is 5.97. The standard InChI is InChI=1S/C9H10N2OS/c1-6-11-8-4-2-3-7(5-12-10)9(8)13-6/h2-4H,5,10H2,1H3. The highest BCUT2D eigenvalue weighted by Gasteiger charge is 2.04. The molecule has 1 aromatic carbocycles. The van der Waals surface area contributed by atoms with E-state index in [1.165, 1.54) is 4.70 Å². The number of rotatable bonds is 2. The van der Waals surface area contributed by atoms with Crippen molar-refractivity contribution in [3.05, 3.63) is 28.8 Å². The van der Waals surface area contributed by atoms with Crippen molar-refractivity contribution >= 4 is 21.6 Å². The third kappa shape index (κ3) is 1.56. The second kappa shape index (κ2) is 3.41. The van der Waals surface area contributed by atoms with Gasteiger partial charge in [0.1, 0.15) is 0 Å². The Morgan fingerprint density at radius 1 is 1.54 bits per heavy atom. The van der Waals surface area contributed by atoms with Gasteiger partial charge < -0.3 is 0 Å². The molecule has 0 amide bonds. The van der Waals surface area contributed by atoms with Crippen LogP contribution >= 0.6 is 11.3 Å². The minimum Gasteiger partial charge on any atom is -0.300 e. The molecule has 0 fully saturated rings. The third-order valence-electron chi connectivity index (χ3n) is 1.84. The average molecular weight is 194 g/mol. The normalized spacial score (nSPS) is 10.9. The Hall–Kier alpha value is -0.970. The molecule has 4 heteroatoms. The van der Waals surface area contributed by atoms with Crippen molar-refractivity contribution < 1.29 is 4.84 Å². The first kappa shape index (κ1) is 8.62. The molecule has 0 saturated heterocycles. The summed E-state index contributed by atoms with van der Waals surface area (Å²) >= 11 is 1.67. The van der Waals surface area contributed by atoms with Crippen molar-refractivity contribution in [1.29, 1.82) is 0 Å². The van der Waals surface area contributed by atoms with Gasteiger partial charge in [-0.1, -0.05) is 12.1 Å². The number of thiazole rings is 1. The summed E-state index contributed by atoms with van der Waals surface area (Å²) in [5.41, 5.74) is 2.13. The van der Waals surface area contributed by atoms with Crippen molar-refractivity contribution in [3.63, 3.8) is 0 Å². The maximum absolute atomic E-state index is 5.04. The van der Waals surface area contributed by atoms with E-state index in [9.17, 15) is 0 Å².